The molecule has 0 bridgehead atoms. The number of hydrogen-bond donors (Lipinski definition) is 0. The van der Waals surface area contributed by atoms with Gasteiger partial charge in [-0.15, -0.1) is 0 Å². The normalized spacial score (nSPS) is 11.5. The number of carbonyl (C=O) groups is 3. The molecule has 0 N–H and O–H groups in total. The van der Waals surface area contributed by atoms with E-state index in [1.165, 1.54) is 26.4 Å². The van der Waals surface area contributed by atoms with Gasteiger partial charge in [0.05, 0.1) is 31.9 Å². The van der Waals surface area contributed by atoms with Crippen molar-refractivity contribution < 1.29 is 28.2 Å². The van der Waals surface area contributed by atoms with Crippen LogP contribution in [0.1, 0.15) is 26.5 Å². The Morgan fingerprint density at radius 3 is 2.42 bits per heavy atom. The molecule has 0 radical (unpaired) electrons. The Morgan fingerprint density at radius 2 is 1.76 bits per heavy atom. The van der Waals surface area contributed by atoms with Crippen molar-refractivity contribution in [3.63, 3.8) is 0 Å². The number of para-hydroxylation sites is 1. The molecule has 7 nitrogen and oxygen atoms in total. The van der Waals surface area contributed by atoms with Crippen LogP contribution < -0.4 is 0 Å². The molecule has 4 rings (SSSR count). The van der Waals surface area contributed by atoms with Gasteiger partial charge in [-0.1, -0.05) is 30.3 Å². The number of benzene rings is 2. The Labute approximate surface area is 188 Å². The van der Waals surface area contributed by atoms with Crippen LogP contribution >= 0.6 is 0 Å². The van der Waals surface area contributed by atoms with Gasteiger partial charge in [0.25, 0.3) is 0 Å². The van der Waals surface area contributed by atoms with E-state index in [-0.39, 0.29) is 23.5 Å². The average molecular weight is 446 g/mol. The van der Waals surface area contributed by atoms with Gasteiger partial charge in [0.15, 0.2) is 6.29 Å². The molecule has 0 unspecified atom stereocenters. The number of methoxy groups -OCH3 is 2. The van der Waals surface area contributed by atoms with Crippen molar-refractivity contribution in [3.8, 4) is 0 Å². The molecular formula is C25H19FN2O5. The van der Waals surface area contributed by atoms with E-state index in [0.29, 0.717) is 22.8 Å². The largest absolute Gasteiger partial charge is 0.466 e. The van der Waals surface area contributed by atoms with Crippen molar-refractivity contribution in [2.75, 3.05) is 14.2 Å². The van der Waals surface area contributed by atoms with Crippen molar-refractivity contribution >= 4 is 46.1 Å². The Kier molecular flexibility index (Phi) is 5.99. The van der Waals surface area contributed by atoms with Crippen molar-refractivity contribution in [2.45, 2.75) is 6.54 Å². The zero-order valence-corrected chi connectivity index (χ0v) is 17.9. The van der Waals surface area contributed by atoms with Crippen LogP contribution in [0.2, 0.25) is 0 Å². The minimum Gasteiger partial charge on any atom is -0.466 e. The van der Waals surface area contributed by atoms with Gasteiger partial charge in [-0.2, -0.15) is 0 Å². The minimum absolute atomic E-state index is 0.00467. The van der Waals surface area contributed by atoms with Crippen molar-refractivity contribution in [2.24, 2.45) is 0 Å². The molecule has 0 aliphatic carbocycles. The lowest BCUT2D eigenvalue weighted by molar-refractivity contribution is -0.136. The predicted molar refractivity (Wildman–Crippen MR) is 120 cm³/mol. The van der Waals surface area contributed by atoms with Gasteiger partial charge in [0, 0.05) is 16.3 Å². The van der Waals surface area contributed by atoms with E-state index < -0.39 is 17.8 Å². The van der Waals surface area contributed by atoms with E-state index in [2.05, 4.69) is 4.98 Å². The van der Waals surface area contributed by atoms with Crippen LogP contribution in [-0.2, 0) is 20.8 Å². The summed E-state index contributed by atoms with van der Waals surface area (Å²) in [5.41, 5.74) is 2.13. The first kappa shape index (κ1) is 21.9. The van der Waals surface area contributed by atoms with Gasteiger partial charge in [-0.05, 0) is 35.9 Å². The first-order chi connectivity index (χ1) is 16.0. The van der Waals surface area contributed by atoms with Gasteiger partial charge >= 0.3 is 11.9 Å². The van der Waals surface area contributed by atoms with Crippen LogP contribution in [0.5, 0.6) is 0 Å². The third-order valence-electron chi connectivity index (χ3n) is 5.27. The number of aldehydes is 1. The summed E-state index contributed by atoms with van der Waals surface area (Å²) >= 11 is 0. The lowest BCUT2D eigenvalue weighted by Crippen LogP contribution is -2.13. The van der Waals surface area contributed by atoms with Gasteiger partial charge < -0.3 is 14.0 Å². The topological polar surface area (TPSA) is 87.5 Å². The quantitative estimate of drug-likeness (QED) is 0.251. The third kappa shape index (κ3) is 4.10. The molecule has 4 aromatic rings. The molecule has 0 atom stereocenters. The summed E-state index contributed by atoms with van der Waals surface area (Å²) < 4.78 is 24.8. The molecule has 0 saturated heterocycles. The van der Waals surface area contributed by atoms with Crippen LogP contribution in [0.4, 0.5) is 4.39 Å². The second-order valence-corrected chi connectivity index (χ2v) is 7.21. The molecule has 8 heteroatoms. The van der Waals surface area contributed by atoms with Crippen molar-refractivity contribution in [1.82, 2.24) is 9.55 Å². The maximum atomic E-state index is 13.3. The molecule has 0 spiro atoms. The van der Waals surface area contributed by atoms with E-state index in [4.69, 9.17) is 9.47 Å². The van der Waals surface area contributed by atoms with Crippen molar-refractivity contribution in [1.29, 1.82) is 0 Å². The molecule has 166 valence electrons. The second kappa shape index (κ2) is 9.04. The number of halogens is 1. The average Bonchev–Trinajstić information content (AvgIpc) is 3.16. The minimum atomic E-state index is -0.664. The van der Waals surface area contributed by atoms with Gasteiger partial charge in [0.1, 0.15) is 17.2 Å². The summed E-state index contributed by atoms with van der Waals surface area (Å²) in [4.78, 5) is 40.8. The van der Waals surface area contributed by atoms with Gasteiger partial charge in [0.2, 0.25) is 0 Å². The van der Waals surface area contributed by atoms with Crippen LogP contribution in [-0.4, -0.2) is 42.0 Å². The third-order valence-corrected chi connectivity index (χ3v) is 5.27. The van der Waals surface area contributed by atoms with E-state index in [9.17, 15) is 18.8 Å². The zero-order valence-electron chi connectivity index (χ0n) is 17.9. The Bertz CT molecular complexity index is 1420. The van der Waals surface area contributed by atoms with Gasteiger partial charge in [-0.3, -0.25) is 4.79 Å². The number of fused-ring (bicyclic) bond motifs is 3. The standard InChI is InChI=1S/C25H19FN2O5/c1-32-24(30)16(11-15-7-9-17(26)10-8-15)13-28-22-6-4-3-5-18(22)19-12-20(25(31)33-2)27-21(14-29)23(19)28/h3-12,14H,13H2,1-2H3/b16-11+. The van der Waals surface area contributed by atoms with E-state index >= 15 is 0 Å². The fourth-order valence-electron chi connectivity index (χ4n) is 3.79. The highest BCUT2D eigenvalue weighted by atomic mass is 19.1. The Balaban J connectivity index is 1.96. The highest BCUT2D eigenvalue weighted by Gasteiger charge is 2.21. The van der Waals surface area contributed by atoms with Crippen LogP contribution in [0.3, 0.4) is 0 Å². The number of carbonyl (C=O) groups excluding carboxylic acids is 3. The molecule has 0 amide bonds. The van der Waals surface area contributed by atoms with E-state index in [1.54, 1.807) is 28.8 Å². The van der Waals surface area contributed by atoms with E-state index in [0.717, 1.165) is 10.9 Å². The summed E-state index contributed by atoms with van der Waals surface area (Å²) in [6.07, 6.45) is 2.16. The first-order valence-corrected chi connectivity index (χ1v) is 9.96. The molecule has 0 aliphatic rings. The highest BCUT2D eigenvalue weighted by molar-refractivity contribution is 6.13. The zero-order chi connectivity index (χ0) is 23.5. The highest BCUT2D eigenvalue weighted by Crippen LogP contribution is 2.32. The first-order valence-electron chi connectivity index (χ1n) is 9.96. The fourth-order valence-corrected chi connectivity index (χ4v) is 3.79. The number of esters is 2. The maximum absolute atomic E-state index is 13.3. The Hall–Kier alpha value is -4.33. The second-order valence-electron chi connectivity index (χ2n) is 7.21. The number of pyridine rings is 1. The Morgan fingerprint density at radius 1 is 1.03 bits per heavy atom. The molecule has 2 aromatic carbocycles. The smallest absolute Gasteiger partial charge is 0.356 e. The van der Waals surface area contributed by atoms with Crippen LogP contribution in [0.15, 0.2) is 60.2 Å². The fraction of sp³-hybridized carbons (Fsp3) is 0.120. The lowest BCUT2D eigenvalue weighted by atomic mass is 10.1. The summed E-state index contributed by atoms with van der Waals surface area (Å²) in [7, 11) is 2.51. The molecule has 2 aromatic heterocycles. The van der Waals surface area contributed by atoms with Gasteiger partial charge in [-0.25, -0.2) is 19.0 Å². The molecular weight excluding hydrogens is 427 g/mol. The van der Waals surface area contributed by atoms with Crippen LogP contribution in [0.25, 0.3) is 27.9 Å². The number of rotatable bonds is 6. The van der Waals surface area contributed by atoms with Crippen LogP contribution in [0, 0.1) is 5.82 Å². The summed E-state index contributed by atoms with van der Waals surface area (Å²) in [5, 5.41) is 1.39. The van der Waals surface area contributed by atoms with Crippen molar-refractivity contribution in [3.05, 3.63) is 82.9 Å². The summed E-state index contributed by atoms with van der Waals surface area (Å²) in [6.45, 7) is 0.0498. The SMILES string of the molecule is COC(=O)/C(=C/c1ccc(F)cc1)Cn1c2ccccc2c2cc(C(=O)OC)nc(C=O)c21. The monoisotopic (exact) mass is 446 g/mol. The summed E-state index contributed by atoms with van der Waals surface area (Å²) in [5.74, 6) is -1.63. The maximum Gasteiger partial charge on any atom is 0.356 e. The number of nitrogens with zero attached hydrogens (tertiary/aromatic N) is 2. The molecule has 33 heavy (non-hydrogen) atoms. The molecule has 0 aliphatic heterocycles. The molecule has 0 fully saturated rings. The predicted octanol–water partition coefficient (Wildman–Crippen LogP) is 4.18. The molecule has 0 saturated carbocycles. The molecule has 2 heterocycles. The number of aromatic nitrogens is 2. The number of hydrogen-bond acceptors (Lipinski definition) is 6. The number of ether oxygens (including phenoxy) is 2. The van der Waals surface area contributed by atoms with E-state index in [1.807, 2.05) is 24.3 Å². The lowest BCUT2D eigenvalue weighted by Gasteiger charge is -2.12. The summed E-state index contributed by atoms with van der Waals surface area (Å²) in [6, 6.07) is 14.6.